The molecular formula is C17H21N3O2. The second-order valence-electron chi connectivity index (χ2n) is 6.13. The van der Waals surface area contributed by atoms with Crippen molar-refractivity contribution in [3.8, 4) is 0 Å². The van der Waals surface area contributed by atoms with Crippen molar-refractivity contribution in [2.75, 3.05) is 6.54 Å². The van der Waals surface area contributed by atoms with E-state index in [0.717, 1.165) is 13.0 Å². The molecule has 0 saturated heterocycles. The molecule has 1 aromatic heterocycles. The Labute approximate surface area is 130 Å². The zero-order valence-corrected chi connectivity index (χ0v) is 13.2. The molecule has 5 heteroatoms. The maximum Gasteiger partial charge on any atom is 0.230 e. The number of aryl methyl sites for hydroxylation is 1. The molecule has 116 valence electrons. The Kier molecular flexibility index (Phi) is 3.96. The fraction of sp³-hybridized carbons (Fsp3) is 0.471. The number of fused-ring (bicyclic) bond motifs is 1. The molecule has 0 radical (unpaired) electrons. The molecule has 3 rings (SSSR count). The van der Waals surface area contributed by atoms with E-state index >= 15 is 0 Å². The maximum absolute atomic E-state index is 12.7. The summed E-state index contributed by atoms with van der Waals surface area (Å²) in [5.74, 6) is 1.38. The van der Waals surface area contributed by atoms with E-state index in [9.17, 15) is 4.79 Å². The number of aromatic nitrogens is 2. The quantitative estimate of drug-likeness (QED) is 0.874. The average Bonchev–Trinajstić information content (AvgIpc) is 2.90. The van der Waals surface area contributed by atoms with Gasteiger partial charge in [0, 0.05) is 13.5 Å². The summed E-state index contributed by atoms with van der Waals surface area (Å²) in [6, 6.07) is 8.53. The number of amides is 1. The monoisotopic (exact) mass is 299 g/mol. The Bertz CT molecular complexity index is 678. The molecule has 0 aliphatic carbocycles. The molecule has 0 bridgehead atoms. The first kappa shape index (κ1) is 14.8. The van der Waals surface area contributed by atoms with Crippen LogP contribution in [0.2, 0.25) is 0 Å². The van der Waals surface area contributed by atoms with Gasteiger partial charge in [-0.15, -0.1) is 0 Å². The van der Waals surface area contributed by atoms with Gasteiger partial charge in [0.2, 0.25) is 11.8 Å². The lowest BCUT2D eigenvalue weighted by molar-refractivity contribution is -0.134. The second-order valence-corrected chi connectivity index (χ2v) is 6.13. The molecule has 0 spiro atoms. The van der Waals surface area contributed by atoms with Crippen LogP contribution in [0.1, 0.15) is 42.7 Å². The second kappa shape index (κ2) is 5.91. The summed E-state index contributed by atoms with van der Waals surface area (Å²) in [7, 11) is 0. The van der Waals surface area contributed by atoms with E-state index in [-0.39, 0.29) is 18.4 Å². The minimum absolute atomic E-state index is 0.0639. The minimum atomic E-state index is 0.0639. The van der Waals surface area contributed by atoms with Gasteiger partial charge in [0.25, 0.3) is 0 Å². The van der Waals surface area contributed by atoms with Gasteiger partial charge in [-0.2, -0.15) is 4.98 Å². The van der Waals surface area contributed by atoms with Gasteiger partial charge < -0.3 is 9.42 Å². The third kappa shape index (κ3) is 2.75. The van der Waals surface area contributed by atoms with Crippen molar-refractivity contribution in [2.45, 2.75) is 39.7 Å². The molecule has 1 aliphatic rings. The molecule has 0 saturated carbocycles. The minimum Gasteiger partial charge on any atom is -0.340 e. The largest absolute Gasteiger partial charge is 0.340 e. The van der Waals surface area contributed by atoms with Crippen molar-refractivity contribution in [3.05, 3.63) is 47.1 Å². The summed E-state index contributed by atoms with van der Waals surface area (Å²) in [5, 5.41) is 3.83. The van der Waals surface area contributed by atoms with E-state index in [4.69, 9.17) is 4.52 Å². The lowest BCUT2D eigenvalue weighted by Crippen LogP contribution is -2.43. The van der Waals surface area contributed by atoms with Gasteiger partial charge >= 0.3 is 0 Å². The molecule has 2 aromatic rings. The van der Waals surface area contributed by atoms with Crippen LogP contribution >= 0.6 is 0 Å². The van der Waals surface area contributed by atoms with Crippen LogP contribution in [0.5, 0.6) is 0 Å². The van der Waals surface area contributed by atoms with Gasteiger partial charge in [0.15, 0.2) is 5.82 Å². The molecule has 22 heavy (non-hydrogen) atoms. The summed E-state index contributed by atoms with van der Waals surface area (Å²) in [5.41, 5.74) is 2.61. The highest BCUT2D eigenvalue weighted by molar-refractivity contribution is 5.79. The van der Waals surface area contributed by atoms with Crippen LogP contribution < -0.4 is 0 Å². The standard InChI is InChI=1S/C17H21N3O2/c1-11(2)17-14-7-5-4-6-13(14)8-9-20(17)16(21)10-15-18-12(3)22-19-15/h4-7,11,17H,8-10H2,1-3H3. The van der Waals surface area contributed by atoms with Crippen LogP contribution in [0.4, 0.5) is 0 Å². The van der Waals surface area contributed by atoms with Gasteiger partial charge in [-0.3, -0.25) is 4.79 Å². The van der Waals surface area contributed by atoms with Crippen molar-refractivity contribution >= 4 is 5.91 Å². The first-order valence-electron chi connectivity index (χ1n) is 7.72. The van der Waals surface area contributed by atoms with E-state index in [2.05, 4.69) is 42.2 Å². The van der Waals surface area contributed by atoms with Gasteiger partial charge in [0.1, 0.15) is 0 Å². The number of carbonyl (C=O) groups is 1. The summed E-state index contributed by atoms with van der Waals surface area (Å²) in [6.07, 6.45) is 1.10. The number of benzene rings is 1. The van der Waals surface area contributed by atoms with Crippen LogP contribution in [0.3, 0.4) is 0 Å². The first-order chi connectivity index (χ1) is 10.6. The highest BCUT2D eigenvalue weighted by Gasteiger charge is 2.32. The zero-order valence-electron chi connectivity index (χ0n) is 13.2. The molecule has 0 fully saturated rings. The van der Waals surface area contributed by atoms with Crippen LogP contribution in [0.15, 0.2) is 28.8 Å². The Hall–Kier alpha value is -2.17. The molecule has 5 nitrogen and oxygen atoms in total. The van der Waals surface area contributed by atoms with Crippen molar-refractivity contribution < 1.29 is 9.32 Å². The van der Waals surface area contributed by atoms with E-state index in [1.54, 1.807) is 6.92 Å². The van der Waals surface area contributed by atoms with Gasteiger partial charge in [0.05, 0.1) is 12.5 Å². The third-order valence-corrected chi connectivity index (χ3v) is 4.16. The van der Waals surface area contributed by atoms with Gasteiger partial charge in [-0.25, -0.2) is 0 Å². The number of rotatable bonds is 3. The fourth-order valence-corrected chi connectivity index (χ4v) is 3.25. The van der Waals surface area contributed by atoms with Gasteiger partial charge in [-0.05, 0) is 23.5 Å². The predicted octanol–water partition coefficient (Wildman–Crippen LogP) is 2.70. The van der Waals surface area contributed by atoms with Crippen LogP contribution in [-0.2, 0) is 17.6 Å². The SMILES string of the molecule is Cc1nc(CC(=O)N2CCc3ccccc3C2C(C)C)no1. The Balaban J connectivity index is 1.85. The third-order valence-electron chi connectivity index (χ3n) is 4.16. The summed E-state index contributed by atoms with van der Waals surface area (Å²) < 4.78 is 4.95. The highest BCUT2D eigenvalue weighted by atomic mass is 16.5. The molecular weight excluding hydrogens is 278 g/mol. The fourth-order valence-electron chi connectivity index (χ4n) is 3.25. The van der Waals surface area contributed by atoms with Crippen LogP contribution in [0, 0.1) is 12.8 Å². The lowest BCUT2D eigenvalue weighted by Gasteiger charge is -2.39. The molecule has 1 amide bonds. The van der Waals surface area contributed by atoms with Crippen molar-refractivity contribution in [1.29, 1.82) is 0 Å². The predicted molar refractivity (Wildman–Crippen MR) is 82.2 cm³/mol. The van der Waals surface area contributed by atoms with Crippen molar-refractivity contribution in [1.82, 2.24) is 15.0 Å². The maximum atomic E-state index is 12.7. The van der Waals surface area contributed by atoms with Crippen LogP contribution in [0.25, 0.3) is 0 Å². The Morgan fingerprint density at radius 2 is 2.18 bits per heavy atom. The lowest BCUT2D eigenvalue weighted by atomic mass is 9.86. The number of nitrogens with zero attached hydrogens (tertiary/aromatic N) is 3. The summed E-state index contributed by atoms with van der Waals surface area (Å²) in [6.45, 7) is 6.79. The van der Waals surface area contributed by atoms with Crippen LogP contribution in [-0.4, -0.2) is 27.5 Å². The topological polar surface area (TPSA) is 59.2 Å². The summed E-state index contributed by atoms with van der Waals surface area (Å²) >= 11 is 0. The van der Waals surface area contributed by atoms with E-state index < -0.39 is 0 Å². The normalized spacial score (nSPS) is 17.6. The molecule has 1 aromatic carbocycles. The number of hydrogen-bond acceptors (Lipinski definition) is 4. The molecule has 1 atom stereocenters. The molecule has 1 aliphatic heterocycles. The van der Waals surface area contributed by atoms with Gasteiger partial charge in [-0.1, -0.05) is 43.3 Å². The summed E-state index contributed by atoms with van der Waals surface area (Å²) in [4.78, 5) is 18.8. The first-order valence-corrected chi connectivity index (χ1v) is 7.72. The smallest absolute Gasteiger partial charge is 0.230 e. The average molecular weight is 299 g/mol. The number of hydrogen-bond donors (Lipinski definition) is 0. The van der Waals surface area contributed by atoms with E-state index in [1.165, 1.54) is 11.1 Å². The molecule has 2 heterocycles. The zero-order chi connectivity index (χ0) is 15.7. The molecule has 0 N–H and O–H groups in total. The van der Waals surface area contributed by atoms with Crippen molar-refractivity contribution in [3.63, 3.8) is 0 Å². The Morgan fingerprint density at radius 3 is 2.86 bits per heavy atom. The van der Waals surface area contributed by atoms with Crippen molar-refractivity contribution in [2.24, 2.45) is 5.92 Å². The molecule has 1 unspecified atom stereocenters. The number of carbonyl (C=O) groups excluding carboxylic acids is 1. The highest BCUT2D eigenvalue weighted by Crippen LogP contribution is 2.35. The van der Waals surface area contributed by atoms with E-state index in [0.29, 0.717) is 17.6 Å². The Morgan fingerprint density at radius 1 is 1.41 bits per heavy atom. The van der Waals surface area contributed by atoms with E-state index in [1.807, 2.05) is 11.0 Å².